The lowest BCUT2D eigenvalue weighted by Gasteiger charge is -2.33. The minimum absolute atomic E-state index is 0.183. The predicted octanol–water partition coefficient (Wildman–Crippen LogP) is 0.163. The fraction of sp³-hybridized carbons (Fsp3) is 0.364. The van der Waals surface area contributed by atoms with Gasteiger partial charge in [0.1, 0.15) is 6.29 Å². The van der Waals surface area contributed by atoms with Gasteiger partial charge in [0, 0.05) is 5.56 Å². The van der Waals surface area contributed by atoms with E-state index in [1.165, 1.54) is 12.1 Å². The molecule has 1 aromatic carbocycles. The van der Waals surface area contributed by atoms with Crippen molar-refractivity contribution in [3.8, 4) is 0 Å². The molecular weight excluding hydrogens is 227 g/mol. The molecule has 88 valence electrons. The highest BCUT2D eigenvalue weighted by molar-refractivity contribution is 7.57. The summed E-state index contributed by atoms with van der Waals surface area (Å²) < 4.78 is 11.1. The Morgan fingerprint density at radius 2 is 1.75 bits per heavy atom. The van der Waals surface area contributed by atoms with Gasteiger partial charge in [-0.2, -0.15) is 0 Å². The molecule has 0 spiro atoms. The fourth-order valence-electron chi connectivity index (χ4n) is 1.88. The Kier molecular flexibility index (Phi) is 4.03. The van der Waals surface area contributed by atoms with E-state index in [2.05, 4.69) is 0 Å². The van der Waals surface area contributed by atoms with E-state index < -0.39 is 7.60 Å². The van der Waals surface area contributed by atoms with Gasteiger partial charge in [0.05, 0.1) is 0 Å². The van der Waals surface area contributed by atoms with Gasteiger partial charge in [-0.3, -0.25) is 4.79 Å². The molecule has 0 aliphatic rings. The molecule has 0 N–H and O–H groups in total. The van der Waals surface area contributed by atoms with Crippen LogP contribution in [0.15, 0.2) is 12.1 Å². The Morgan fingerprint density at radius 1 is 1.19 bits per heavy atom. The van der Waals surface area contributed by atoms with Crippen LogP contribution in [0.5, 0.6) is 0 Å². The van der Waals surface area contributed by atoms with Gasteiger partial charge in [-0.25, -0.2) is 0 Å². The van der Waals surface area contributed by atoms with E-state index in [4.69, 9.17) is 0 Å². The van der Waals surface area contributed by atoms with Gasteiger partial charge in [0.25, 0.3) is 0 Å². The highest BCUT2D eigenvalue weighted by atomic mass is 31.2. The first-order valence-electron chi connectivity index (χ1n) is 5.08. The fourth-order valence-corrected chi connectivity index (χ4v) is 2.76. The normalized spacial score (nSPS) is 11.5. The van der Waals surface area contributed by atoms with E-state index in [-0.39, 0.29) is 5.30 Å². The van der Waals surface area contributed by atoms with Gasteiger partial charge in [-0.15, -0.1) is 0 Å². The number of aldehydes is 1. The molecule has 0 saturated heterocycles. The van der Waals surface area contributed by atoms with Crippen LogP contribution in [0.3, 0.4) is 0 Å². The number of hydrogen-bond acceptors (Lipinski definition) is 4. The van der Waals surface area contributed by atoms with Crippen molar-refractivity contribution in [1.29, 1.82) is 0 Å². The van der Waals surface area contributed by atoms with E-state index >= 15 is 0 Å². The highest BCUT2D eigenvalue weighted by Gasteiger charge is 2.12. The summed E-state index contributed by atoms with van der Waals surface area (Å²) in [5.74, 6) is 0. The molecule has 0 amide bonds. The summed E-state index contributed by atoms with van der Waals surface area (Å²) in [6.45, 7) is 3.59. The van der Waals surface area contributed by atoms with Gasteiger partial charge < -0.3 is 14.4 Å². The van der Waals surface area contributed by atoms with Crippen molar-refractivity contribution in [2.45, 2.75) is 26.7 Å². The van der Waals surface area contributed by atoms with Crippen molar-refractivity contribution in [3.63, 3.8) is 0 Å². The maximum absolute atomic E-state index is 11.1. The standard InChI is InChI=1S/C11H15O4P/c1-3-9-8(7-12)5-6-11(10(9)4-2)16(13,14)15/h5-7H,3-4H2,1-2H3,(H2,13,14,15)/p-2. The van der Waals surface area contributed by atoms with E-state index in [1.54, 1.807) is 6.92 Å². The average Bonchev–Trinajstić information content (AvgIpc) is 2.25. The van der Waals surface area contributed by atoms with Crippen molar-refractivity contribution in [2.24, 2.45) is 0 Å². The van der Waals surface area contributed by atoms with Crippen molar-refractivity contribution in [3.05, 3.63) is 28.8 Å². The zero-order valence-electron chi connectivity index (χ0n) is 9.23. The molecule has 0 bridgehead atoms. The lowest BCUT2D eigenvalue weighted by Crippen LogP contribution is -2.28. The van der Waals surface area contributed by atoms with E-state index in [0.29, 0.717) is 35.8 Å². The van der Waals surface area contributed by atoms with Crippen LogP contribution in [-0.2, 0) is 17.4 Å². The maximum Gasteiger partial charge on any atom is 0.150 e. The zero-order valence-corrected chi connectivity index (χ0v) is 10.1. The Bertz CT molecular complexity index is 448. The van der Waals surface area contributed by atoms with Gasteiger partial charge in [0.15, 0.2) is 0 Å². The van der Waals surface area contributed by atoms with Crippen LogP contribution in [0.1, 0.15) is 35.3 Å². The molecule has 1 aromatic rings. The van der Waals surface area contributed by atoms with E-state index in [9.17, 15) is 19.1 Å². The Labute approximate surface area is 94.5 Å². The quantitative estimate of drug-likeness (QED) is 0.554. The first-order valence-corrected chi connectivity index (χ1v) is 6.62. The molecule has 0 radical (unpaired) electrons. The van der Waals surface area contributed by atoms with Crippen molar-refractivity contribution in [2.75, 3.05) is 0 Å². The summed E-state index contributed by atoms with van der Waals surface area (Å²) in [6.07, 6.45) is 1.64. The van der Waals surface area contributed by atoms with Gasteiger partial charge in [-0.1, -0.05) is 26.0 Å². The molecule has 0 heterocycles. The average molecular weight is 240 g/mol. The molecule has 0 unspecified atom stereocenters. The molecule has 0 aliphatic carbocycles. The minimum atomic E-state index is -4.76. The van der Waals surface area contributed by atoms with Crippen LogP contribution in [0, 0.1) is 0 Å². The third-order valence-electron chi connectivity index (χ3n) is 2.57. The highest BCUT2D eigenvalue weighted by Crippen LogP contribution is 2.28. The minimum Gasteiger partial charge on any atom is -0.807 e. The molecule has 1 rings (SSSR count). The van der Waals surface area contributed by atoms with Gasteiger partial charge in [0.2, 0.25) is 0 Å². The molecule has 0 saturated carbocycles. The van der Waals surface area contributed by atoms with Crippen LogP contribution in [0.2, 0.25) is 0 Å². The second-order valence-electron chi connectivity index (χ2n) is 3.45. The first-order chi connectivity index (χ1) is 7.45. The van der Waals surface area contributed by atoms with Crippen molar-refractivity contribution in [1.82, 2.24) is 0 Å². The molecule has 5 heteroatoms. The maximum atomic E-state index is 11.1. The number of rotatable bonds is 4. The number of carbonyl (C=O) groups is 1. The summed E-state index contributed by atoms with van der Waals surface area (Å²) in [7, 11) is -4.76. The monoisotopic (exact) mass is 240 g/mol. The van der Waals surface area contributed by atoms with Crippen LogP contribution >= 0.6 is 7.60 Å². The lowest BCUT2D eigenvalue weighted by atomic mass is 9.98. The van der Waals surface area contributed by atoms with Gasteiger partial charge in [-0.05, 0) is 36.9 Å². The Balaban J connectivity index is 3.56. The smallest absolute Gasteiger partial charge is 0.150 e. The summed E-state index contributed by atoms with van der Waals surface area (Å²) in [5.41, 5.74) is 1.58. The predicted molar refractivity (Wildman–Crippen MR) is 57.8 cm³/mol. The molecular formula is C11H13O4P-2. The van der Waals surface area contributed by atoms with E-state index in [1.807, 2.05) is 6.92 Å². The van der Waals surface area contributed by atoms with Crippen molar-refractivity contribution < 1.29 is 19.1 Å². The topological polar surface area (TPSA) is 80.3 Å². The summed E-state index contributed by atoms with van der Waals surface area (Å²) in [6, 6.07) is 2.62. The molecule has 4 nitrogen and oxygen atoms in total. The Hall–Kier alpha value is -0.960. The third kappa shape index (κ3) is 2.40. The van der Waals surface area contributed by atoms with Crippen LogP contribution < -0.4 is 15.1 Å². The molecule has 0 aliphatic heterocycles. The van der Waals surface area contributed by atoms with Gasteiger partial charge >= 0.3 is 0 Å². The number of carbonyl (C=O) groups excluding carboxylic acids is 1. The van der Waals surface area contributed by atoms with Crippen LogP contribution in [0.25, 0.3) is 0 Å². The Morgan fingerprint density at radius 3 is 2.12 bits per heavy atom. The second kappa shape index (κ2) is 4.91. The first kappa shape index (κ1) is 13.1. The summed E-state index contributed by atoms with van der Waals surface area (Å²) in [5, 5.41) is -0.183. The number of hydrogen-bond donors (Lipinski definition) is 0. The summed E-state index contributed by atoms with van der Waals surface area (Å²) in [4.78, 5) is 32.9. The SMILES string of the molecule is CCc1c(C=O)ccc(P(=O)([O-])[O-])c1CC. The van der Waals surface area contributed by atoms with Crippen LogP contribution in [-0.4, -0.2) is 6.29 Å². The van der Waals surface area contributed by atoms with Crippen molar-refractivity contribution >= 4 is 19.2 Å². The number of benzene rings is 1. The largest absolute Gasteiger partial charge is 0.807 e. The molecule has 0 aromatic heterocycles. The molecule has 0 atom stereocenters. The van der Waals surface area contributed by atoms with E-state index in [0.717, 1.165) is 0 Å². The zero-order chi connectivity index (χ0) is 12.3. The third-order valence-corrected chi connectivity index (χ3v) is 3.58. The molecule has 16 heavy (non-hydrogen) atoms. The summed E-state index contributed by atoms with van der Waals surface area (Å²) >= 11 is 0. The lowest BCUT2D eigenvalue weighted by molar-refractivity contribution is -0.308. The van der Waals surface area contributed by atoms with Crippen LogP contribution in [0.4, 0.5) is 0 Å². The second-order valence-corrected chi connectivity index (χ2v) is 4.93. The molecule has 0 fully saturated rings.